The Morgan fingerprint density at radius 2 is 2.33 bits per heavy atom. The number of hydrogen-bond donors (Lipinski definition) is 1. The van der Waals surface area contributed by atoms with Gasteiger partial charge in [-0.25, -0.2) is 0 Å². The molecule has 1 aromatic carbocycles. The highest BCUT2D eigenvalue weighted by atomic mass is 16.5. The standard InChI is InChI=1S/C15H18N4O2/c1-10-5-6-11(8-12(10)16-9-20)14-17-15(21-18-14)13-4-3-7-19(13)2/h5-6,8-9,13H,3-4,7H2,1-2H3,(H,16,20). The predicted molar refractivity (Wildman–Crippen MR) is 78.8 cm³/mol. The second-order valence-electron chi connectivity index (χ2n) is 5.39. The first-order valence-corrected chi connectivity index (χ1v) is 7.04. The van der Waals surface area contributed by atoms with Crippen molar-refractivity contribution >= 4 is 12.1 Å². The van der Waals surface area contributed by atoms with E-state index in [-0.39, 0.29) is 6.04 Å². The summed E-state index contributed by atoms with van der Waals surface area (Å²) >= 11 is 0. The molecule has 0 saturated carbocycles. The molecule has 110 valence electrons. The summed E-state index contributed by atoms with van der Waals surface area (Å²) in [7, 11) is 2.07. The van der Waals surface area contributed by atoms with E-state index in [2.05, 4.69) is 27.4 Å². The summed E-state index contributed by atoms with van der Waals surface area (Å²) in [6, 6.07) is 5.93. The smallest absolute Gasteiger partial charge is 0.244 e. The molecule has 3 rings (SSSR count). The zero-order valence-corrected chi connectivity index (χ0v) is 12.2. The Kier molecular flexibility index (Phi) is 3.70. The largest absolute Gasteiger partial charge is 0.337 e. The number of amides is 1. The molecule has 0 bridgehead atoms. The minimum Gasteiger partial charge on any atom is -0.337 e. The molecule has 1 aliphatic heterocycles. The zero-order valence-electron chi connectivity index (χ0n) is 12.2. The van der Waals surface area contributed by atoms with Gasteiger partial charge in [0.2, 0.25) is 18.1 Å². The van der Waals surface area contributed by atoms with Gasteiger partial charge in [-0.2, -0.15) is 4.98 Å². The second kappa shape index (κ2) is 5.65. The SMILES string of the molecule is Cc1ccc(-c2noc(C3CCCN3C)n2)cc1NC=O. The van der Waals surface area contributed by atoms with Crippen molar-refractivity contribution in [3.05, 3.63) is 29.7 Å². The van der Waals surface area contributed by atoms with Gasteiger partial charge in [-0.05, 0) is 45.0 Å². The Labute approximate surface area is 123 Å². The van der Waals surface area contributed by atoms with Gasteiger partial charge in [0, 0.05) is 11.3 Å². The van der Waals surface area contributed by atoms with Crippen LogP contribution in [0.1, 0.15) is 30.3 Å². The van der Waals surface area contributed by atoms with Crippen LogP contribution >= 0.6 is 0 Å². The van der Waals surface area contributed by atoms with Crippen molar-refractivity contribution in [1.29, 1.82) is 0 Å². The van der Waals surface area contributed by atoms with Crippen molar-refractivity contribution in [2.45, 2.75) is 25.8 Å². The third-order valence-electron chi connectivity index (χ3n) is 3.96. The van der Waals surface area contributed by atoms with Gasteiger partial charge in [-0.3, -0.25) is 9.69 Å². The molecule has 1 saturated heterocycles. The van der Waals surface area contributed by atoms with Gasteiger partial charge in [0.1, 0.15) is 0 Å². The number of anilines is 1. The molecule has 1 fully saturated rings. The van der Waals surface area contributed by atoms with Crippen molar-refractivity contribution in [3.63, 3.8) is 0 Å². The lowest BCUT2D eigenvalue weighted by molar-refractivity contribution is -0.105. The second-order valence-corrected chi connectivity index (χ2v) is 5.39. The highest BCUT2D eigenvalue weighted by molar-refractivity contribution is 5.76. The Bertz CT molecular complexity index is 653. The number of hydrogen-bond acceptors (Lipinski definition) is 5. The summed E-state index contributed by atoms with van der Waals surface area (Å²) in [5.41, 5.74) is 2.58. The highest BCUT2D eigenvalue weighted by Crippen LogP contribution is 2.31. The number of nitrogens with zero attached hydrogens (tertiary/aromatic N) is 3. The van der Waals surface area contributed by atoms with E-state index in [0.29, 0.717) is 18.1 Å². The number of aryl methyl sites for hydroxylation is 1. The summed E-state index contributed by atoms with van der Waals surface area (Å²) in [5, 5.41) is 6.75. The molecule has 6 heteroatoms. The number of aromatic nitrogens is 2. The van der Waals surface area contributed by atoms with Crippen LogP contribution in [0.4, 0.5) is 5.69 Å². The average molecular weight is 286 g/mol. The summed E-state index contributed by atoms with van der Waals surface area (Å²) in [6.07, 6.45) is 2.86. The summed E-state index contributed by atoms with van der Waals surface area (Å²) in [4.78, 5) is 17.4. The molecule has 1 N–H and O–H groups in total. The van der Waals surface area contributed by atoms with Crippen molar-refractivity contribution in [2.24, 2.45) is 0 Å². The Balaban J connectivity index is 1.89. The number of carbonyl (C=O) groups excluding carboxylic acids is 1. The van der Waals surface area contributed by atoms with Crippen LogP contribution in [0.15, 0.2) is 22.7 Å². The topological polar surface area (TPSA) is 71.3 Å². The molecule has 2 heterocycles. The number of carbonyl (C=O) groups is 1. The molecule has 1 unspecified atom stereocenters. The third kappa shape index (κ3) is 2.67. The molecular formula is C15H18N4O2. The van der Waals surface area contributed by atoms with E-state index < -0.39 is 0 Å². The Morgan fingerprint density at radius 3 is 3.05 bits per heavy atom. The zero-order chi connectivity index (χ0) is 14.8. The lowest BCUT2D eigenvalue weighted by atomic mass is 10.1. The molecule has 1 atom stereocenters. The summed E-state index contributed by atoms with van der Waals surface area (Å²) < 4.78 is 5.41. The predicted octanol–water partition coefficient (Wildman–Crippen LogP) is 2.38. The van der Waals surface area contributed by atoms with Gasteiger partial charge in [-0.1, -0.05) is 17.3 Å². The lowest BCUT2D eigenvalue weighted by Crippen LogP contribution is -2.17. The third-order valence-corrected chi connectivity index (χ3v) is 3.96. The van der Waals surface area contributed by atoms with Gasteiger partial charge in [0.05, 0.1) is 6.04 Å². The van der Waals surface area contributed by atoms with Crippen LogP contribution in [-0.4, -0.2) is 35.0 Å². The molecule has 1 aliphatic rings. The summed E-state index contributed by atoms with van der Waals surface area (Å²) in [5.74, 6) is 1.22. The Hall–Kier alpha value is -2.21. The molecule has 0 aliphatic carbocycles. The maximum absolute atomic E-state index is 10.6. The van der Waals surface area contributed by atoms with E-state index in [1.807, 2.05) is 25.1 Å². The normalized spacial score (nSPS) is 18.9. The quantitative estimate of drug-likeness (QED) is 0.874. The van der Waals surface area contributed by atoms with E-state index in [0.717, 1.165) is 36.2 Å². The van der Waals surface area contributed by atoms with Crippen LogP contribution in [0.3, 0.4) is 0 Å². The van der Waals surface area contributed by atoms with Crippen molar-refractivity contribution < 1.29 is 9.32 Å². The fourth-order valence-corrected chi connectivity index (χ4v) is 2.69. The van der Waals surface area contributed by atoms with Crippen LogP contribution in [0.2, 0.25) is 0 Å². The number of nitrogens with one attached hydrogen (secondary N) is 1. The van der Waals surface area contributed by atoms with Gasteiger partial charge < -0.3 is 9.84 Å². The Morgan fingerprint density at radius 1 is 1.48 bits per heavy atom. The fraction of sp³-hybridized carbons (Fsp3) is 0.400. The van der Waals surface area contributed by atoms with Gasteiger partial charge in [0.15, 0.2) is 0 Å². The highest BCUT2D eigenvalue weighted by Gasteiger charge is 2.28. The van der Waals surface area contributed by atoms with Crippen molar-refractivity contribution in [3.8, 4) is 11.4 Å². The maximum Gasteiger partial charge on any atom is 0.244 e. The van der Waals surface area contributed by atoms with Gasteiger partial charge in [-0.15, -0.1) is 0 Å². The first-order chi connectivity index (χ1) is 10.2. The minimum absolute atomic E-state index is 0.212. The van der Waals surface area contributed by atoms with Crippen molar-refractivity contribution in [1.82, 2.24) is 15.0 Å². The van der Waals surface area contributed by atoms with E-state index in [4.69, 9.17) is 4.52 Å². The van der Waals surface area contributed by atoms with E-state index in [9.17, 15) is 4.79 Å². The number of rotatable bonds is 4. The summed E-state index contributed by atoms with van der Waals surface area (Å²) in [6.45, 7) is 2.99. The molecule has 1 amide bonds. The van der Waals surface area contributed by atoms with Crippen LogP contribution < -0.4 is 5.32 Å². The van der Waals surface area contributed by atoms with Gasteiger partial charge >= 0.3 is 0 Å². The number of likely N-dealkylation sites (tertiary alicyclic amines) is 1. The van der Waals surface area contributed by atoms with E-state index >= 15 is 0 Å². The van der Waals surface area contributed by atoms with Crippen LogP contribution in [0.5, 0.6) is 0 Å². The fourth-order valence-electron chi connectivity index (χ4n) is 2.69. The van der Waals surface area contributed by atoms with E-state index in [1.165, 1.54) is 0 Å². The monoisotopic (exact) mass is 286 g/mol. The molecule has 6 nitrogen and oxygen atoms in total. The first-order valence-electron chi connectivity index (χ1n) is 7.04. The average Bonchev–Trinajstić information content (AvgIpc) is 3.10. The maximum atomic E-state index is 10.6. The molecule has 0 radical (unpaired) electrons. The molecular weight excluding hydrogens is 268 g/mol. The van der Waals surface area contributed by atoms with Crippen molar-refractivity contribution in [2.75, 3.05) is 18.9 Å². The van der Waals surface area contributed by atoms with Crippen LogP contribution in [0.25, 0.3) is 11.4 Å². The molecule has 2 aromatic rings. The van der Waals surface area contributed by atoms with E-state index in [1.54, 1.807) is 0 Å². The molecule has 0 spiro atoms. The number of benzene rings is 1. The van der Waals surface area contributed by atoms with Gasteiger partial charge in [0.25, 0.3) is 0 Å². The van der Waals surface area contributed by atoms with Crippen LogP contribution in [0, 0.1) is 6.92 Å². The lowest BCUT2D eigenvalue weighted by Gasteiger charge is -2.14. The first kappa shape index (κ1) is 13.8. The van der Waals surface area contributed by atoms with Crippen LogP contribution in [-0.2, 0) is 4.79 Å². The molecule has 21 heavy (non-hydrogen) atoms. The minimum atomic E-state index is 0.212. The molecule has 1 aromatic heterocycles.